The molecule has 3 amide bonds. The van der Waals surface area contributed by atoms with Crippen LogP contribution >= 0.6 is 0 Å². The molecule has 1 fully saturated rings. The third kappa shape index (κ3) is 8.28. The van der Waals surface area contributed by atoms with E-state index in [4.69, 9.17) is 5.21 Å². The number of carbonyl (C=O) groups is 3. The molecule has 8 nitrogen and oxygen atoms in total. The lowest BCUT2D eigenvalue weighted by Gasteiger charge is -2.31. The van der Waals surface area contributed by atoms with Crippen molar-refractivity contribution in [2.45, 2.75) is 77.8 Å². The van der Waals surface area contributed by atoms with Crippen LogP contribution in [0.2, 0.25) is 0 Å². The van der Waals surface area contributed by atoms with Crippen LogP contribution in [0.4, 0.5) is 0 Å². The molecule has 1 aromatic rings. The third-order valence-electron chi connectivity index (χ3n) is 5.80. The Morgan fingerprint density at radius 3 is 2.58 bits per heavy atom. The topological polar surface area (TPSA) is 112 Å². The molecular formula is C23H36N4O4. The van der Waals surface area contributed by atoms with Gasteiger partial charge in [0.1, 0.15) is 6.04 Å². The zero-order chi connectivity index (χ0) is 22.6. The Morgan fingerprint density at radius 1 is 1.23 bits per heavy atom. The highest BCUT2D eigenvalue weighted by Gasteiger charge is 2.31. The number of amides is 3. The summed E-state index contributed by atoms with van der Waals surface area (Å²) in [7, 11) is 0. The maximum absolute atomic E-state index is 13.5. The van der Waals surface area contributed by atoms with E-state index in [1.807, 2.05) is 30.9 Å². The molecule has 172 valence electrons. The van der Waals surface area contributed by atoms with Crippen molar-refractivity contribution in [3.63, 3.8) is 0 Å². The highest BCUT2D eigenvalue weighted by atomic mass is 16.5. The second kappa shape index (κ2) is 13.0. The molecule has 1 aliphatic heterocycles. The second-order valence-electron chi connectivity index (χ2n) is 8.70. The maximum atomic E-state index is 13.5. The lowest BCUT2D eigenvalue weighted by atomic mass is 9.94. The van der Waals surface area contributed by atoms with E-state index in [1.165, 1.54) is 0 Å². The van der Waals surface area contributed by atoms with Crippen LogP contribution in [-0.4, -0.2) is 45.4 Å². The summed E-state index contributed by atoms with van der Waals surface area (Å²) in [6.07, 6.45) is 9.86. The minimum atomic E-state index is -0.674. The summed E-state index contributed by atoms with van der Waals surface area (Å²) in [5.41, 5.74) is 2.56. The number of carbonyl (C=O) groups excluding carboxylic acids is 3. The molecule has 0 unspecified atom stereocenters. The monoisotopic (exact) mass is 432 g/mol. The van der Waals surface area contributed by atoms with Crippen LogP contribution in [0, 0.1) is 11.8 Å². The molecule has 0 saturated carbocycles. The van der Waals surface area contributed by atoms with Gasteiger partial charge >= 0.3 is 0 Å². The fraction of sp³-hybridized carbons (Fsp3) is 0.652. The fourth-order valence-corrected chi connectivity index (χ4v) is 3.96. The van der Waals surface area contributed by atoms with Gasteiger partial charge in [0.15, 0.2) is 0 Å². The van der Waals surface area contributed by atoms with E-state index >= 15 is 0 Å². The van der Waals surface area contributed by atoms with Crippen LogP contribution in [0.5, 0.6) is 0 Å². The smallest absolute Gasteiger partial charge is 0.245 e. The van der Waals surface area contributed by atoms with Gasteiger partial charge in [-0.1, -0.05) is 52.0 Å². The van der Waals surface area contributed by atoms with E-state index in [1.54, 1.807) is 17.9 Å². The highest BCUT2D eigenvalue weighted by molar-refractivity contribution is 5.90. The summed E-state index contributed by atoms with van der Waals surface area (Å²) in [6.45, 7) is 4.89. The lowest BCUT2D eigenvalue weighted by molar-refractivity contribution is -0.140. The first-order valence-corrected chi connectivity index (χ1v) is 11.3. The van der Waals surface area contributed by atoms with Crippen LogP contribution in [0.1, 0.15) is 70.8 Å². The van der Waals surface area contributed by atoms with E-state index in [0.717, 1.165) is 44.1 Å². The Kier molecular flexibility index (Phi) is 10.4. The van der Waals surface area contributed by atoms with Gasteiger partial charge in [0.2, 0.25) is 17.7 Å². The van der Waals surface area contributed by atoms with Crippen LogP contribution < -0.4 is 10.8 Å². The minimum Gasteiger partial charge on any atom is -0.344 e. The van der Waals surface area contributed by atoms with Crippen LogP contribution in [0.15, 0.2) is 24.5 Å². The first-order valence-electron chi connectivity index (χ1n) is 11.3. The third-order valence-corrected chi connectivity index (χ3v) is 5.80. The fourth-order valence-electron chi connectivity index (χ4n) is 3.96. The van der Waals surface area contributed by atoms with Gasteiger partial charge in [0, 0.05) is 37.8 Å². The molecule has 0 radical (unpaired) electrons. The molecule has 31 heavy (non-hydrogen) atoms. The molecule has 2 atom stereocenters. The van der Waals surface area contributed by atoms with Crippen molar-refractivity contribution in [2.75, 3.05) is 6.54 Å². The summed E-state index contributed by atoms with van der Waals surface area (Å²) in [4.78, 5) is 44.1. The van der Waals surface area contributed by atoms with Gasteiger partial charge in [-0.25, -0.2) is 5.48 Å². The molecule has 3 N–H and O–H groups in total. The number of nitrogens with one attached hydrogen (secondary N) is 2. The average Bonchev–Trinajstić information content (AvgIpc) is 2.76. The first kappa shape index (κ1) is 24.8. The van der Waals surface area contributed by atoms with Gasteiger partial charge < -0.3 is 10.2 Å². The van der Waals surface area contributed by atoms with Crippen molar-refractivity contribution in [3.8, 4) is 0 Å². The molecule has 1 aromatic heterocycles. The highest BCUT2D eigenvalue weighted by Crippen LogP contribution is 2.19. The van der Waals surface area contributed by atoms with Gasteiger partial charge in [-0.15, -0.1) is 0 Å². The first-order chi connectivity index (χ1) is 14.9. The molecule has 0 spiro atoms. The molecule has 2 heterocycles. The van der Waals surface area contributed by atoms with Crippen molar-refractivity contribution < 1.29 is 19.6 Å². The van der Waals surface area contributed by atoms with Crippen LogP contribution in [-0.2, 0) is 20.9 Å². The quantitative estimate of drug-likeness (QED) is 0.489. The number of hydroxylamine groups is 1. The van der Waals surface area contributed by atoms with Crippen LogP contribution in [0.25, 0.3) is 0 Å². The summed E-state index contributed by atoms with van der Waals surface area (Å²) >= 11 is 0. The average molecular weight is 433 g/mol. The van der Waals surface area contributed by atoms with Crippen LogP contribution in [0.3, 0.4) is 0 Å². The van der Waals surface area contributed by atoms with Gasteiger partial charge in [0.05, 0.1) is 0 Å². The Hall–Kier alpha value is -2.48. The molecule has 2 rings (SSSR count). The molecule has 8 heteroatoms. The normalized spacial score (nSPS) is 22.0. The SMILES string of the molecule is CC(C)[C@@H]1NC(=O)[C@@H](CC(=O)NO)CCCCCCCCN(Cc2cccnc2)C1=O. The van der Waals surface area contributed by atoms with E-state index in [-0.39, 0.29) is 24.2 Å². The van der Waals surface area contributed by atoms with Crippen molar-refractivity contribution in [2.24, 2.45) is 11.8 Å². The lowest BCUT2D eigenvalue weighted by Crippen LogP contribution is -2.52. The summed E-state index contributed by atoms with van der Waals surface area (Å²) in [5, 5.41) is 11.8. The molecule has 1 aliphatic rings. The van der Waals surface area contributed by atoms with E-state index in [9.17, 15) is 14.4 Å². The zero-order valence-electron chi connectivity index (χ0n) is 18.7. The van der Waals surface area contributed by atoms with E-state index in [0.29, 0.717) is 19.5 Å². The van der Waals surface area contributed by atoms with E-state index in [2.05, 4.69) is 10.3 Å². The summed E-state index contributed by atoms with van der Waals surface area (Å²) in [6, 6.07) is 3.12. The maximum Gasteiger partial charge on any atom is 0.245 e. The zero-order valence-corrected chi connectivity index (χ0v) is 18.7. The number of rotatable bonds is 5. The Morgan fingerprint density at radius 2 is 1.94 bits per heavy atom. The number of aromatic nitrogens is 1. The molecule has 0 bridgehead atoms. The summed E-state index contributed by atoms with van der Waals surface area (Å²) < 4.78 is 0. The van der Waals surface area contributed by atoms with E-state index < -0.39 is 17.9 Å². The largest absolute Gasteiger partial charge is 0.344 e. The predicted molar refractivity (Wildman–Crippen MR) is 117 cm³/mol. The number of hydrogen-bond donors (Lipinski definition) is 3. The van der Waals surface area contributed by atoms with Crippen molar-refractivity contribution in [1.29, 1.82) is 0 Å². The summed E-state index contributed by atoms with van der Waals surface area (Å²) in [5.74, 6) is -1.69. The predicted octanol–water partition coefficient (Wildman–Crippen LogP) is 2.81. The number of pyridine rings is 1. The minimum absolute atomic E-state index is 0.0965. The second-order valence-corrected chi connectivity index (χ2v) is 8.70. The van der Waals surface area contributed by atoms with Gasteiger partial charge in [-0.3, -0.25) is 24.6 Å². The van der Waals surface area contributed by atoms with Crippen molar-refractivity contribution in [1.82, 2.24) is 20.7 Å². The molecule has 1 saturated heterocycles. The van der Waals surface area contributed by atoms with Gasteiger partial charge in [0.25, 0.3) is 0 Å². The Bertz CT molecular complexity index is 711. The molecule has 0 aliphatic carbocycles. The van der Waals surface area contributed by atoms with Gasteiger partial charge in [-0.05, 0) is 30.4 Å². The molecular weight excluding hydrogens is 396 g/mol. The standard InChI is InChI=1S/C23H36N4O4/c1-17(2)21-23(30)27(16-18-10-9-12-24-15-18)13-8-6-4-3-5-7-11-19(22(29)25-21)14-20(28)26-31/h9-10,12,15,17,19,21,31H,3-8,11,13-14,16H2,1-2H3,(H,25,29)(H,26,28)/t19-,21+/m1/s1. The van der Waals surface area contributed by atoms with Crippen molar-refractivity contribution in [3.05, 3.63) is 30.1 Å². The number of hydrogen-bond acceptors (Lipinski definition) is 5. The Balaban J connectivity index is 2.23. The van der Waals surface area contributed by atoms with Crippen molar-refractivity contribution >= 4 is 17.7 Å². The number of nitrogens with zero attached hydrogens (tertiary/aromatic N) is 2. The van der Waals surface area contributed by atoms with Gasteiger partial charge in [-0.2, -0.15) is 0 Å². The Labute approximate surface area is 184 Å². The molecule has 0 aromatic carbocycles.